The maximum absolute atomic E-state index is 11.2. The van der Waals surface area contributed by atoms with Gasteiger partial charge in [-0.3, -0.25) is 0 Å². The van der Waals surface area contributed by atoms with E-state index in [0.717, 1.165) is 0 Å². The largest absolute Gasteiger partial charge is 0.414 e. The minimum absolute atomic E-state index is 0.0372. The highest BCUT2D eigenvalue weighted by molar-refractivity contribution is 6.74. The summed E-state index contributed by atoms with van der Waals surface area (Å²) in [4.78, 5) is 0. The smallest absolute Gasteiger partial charge is 0.192 e. The van der Waals surface area contributed by atoms with Crippen LogP contribution >= 0.6 is 0 Å². The summed E-state index contributed by atoms with van der Waals surface area (Å²) in [7, 11) is 1.13. The molecule has 4 fully saturated rings. The van der Waals surface area contributed by atoms with Crippen LogP contribution in [0.2, 0.25) is 18.1 Å². The van der Waals surface area contributed by atoms with Crippen LogP contribution in [0.25, 0.3) is 0 Å². The van der Waals surface area contributed by atoms with Gasteiger partial charge in [-0.25, -0.2) is 0 Å². The van der Waals surface area contributed by atoms with Crippen molar-refractivity contribution in [3.8, 4) is 0 Å². The average molecular weight is 551 g/mol. The number of aliphatic hydroxyl groups excluding tert-OH is 1. The first-order valence-electron chi connectivity index (χ1n) is 13.1. The molecule has 0 aromatic carbocycles. The van der Waals surface area contributed by atoms with Crippen LogP contribution < -0.4 is 0 Å². The van der Waals surface area contributed by atoms with Crippen LogP contribution in [-0.2, 0) is 47.1 Å². The fraction of sp³-hybridized carbons (Fsp3) is 1.00. The summed E-state index contributed by atoms with van der Waals surface area (Å²) >= 11 is 0. The molecular formula is C25H46O11Si. The van der Waals surface area contributed by atoms with Crippen LogP contribution in [0, 0.1) is 0 Å². The molecule has 4 saturated heterocycles. The van der Waals surface area contributed by atoms with Crippen LogP contribution in [0.3, 0.4) is 0 Å². The minimum Gasteiger partial charge on any atom is -0.414 e. The summed E-state index contributed by atoms with van der Waals surface area (Å²) in [5.74, 6) is -0.866. The van der Waals surface area contributed by atoms with Crippen molar-refractivity contribution in [1.82, 2.24) is 0 Å². The Bertz CT molecular complexity index is 774. The highest BCUT2D eigenvalue weighted by Crippen LogP contribution is 2.41. The number of ether oxygens (including phenoxy) is 9. The molecule has 11 nitrogen and oxygen atoms in total. The third-order valence-corrected chi connectivity index (χ3v) is 12.6. The molecular weight excluding hydrogens is 504 g/mol. The van der Waals surface area contributed by atoms with Crippen LogP contribution in [0.1, 0.15) is 41.5 Å². The van der Waals surface area contributed by atoms with Gasteiger partial charge in [0, 0.05) is 14.2 Å². The van der Waals surface area contributed by atoms with E-state index in [0.29, 0.717) is 6.61 Å². The Morgan fingerprint density at radius 2 is 1.49 bits per heavy atom. The Hall–Kier alpha value is -0.223. The number of rotatable bonds is 8. The highest BCUT2D eigenvalue weighted by atomic mass is 28.4. The zero-order valence-corrected chi connectivity index (χ0v) is 24.8. The van der Waals surface area contributed by atoms with Gasteiger partial charge in [-0.1, -0.05) is 20.8 Å². The van der Waals surface area contributed by atoms with Gasteiger partial charge in [0.1, 0.15) is 48.8 Å². The Morgan fingerprint density at radius 1 is 0.838 bits per heavy atom. The lowest BCUT2D eigenvalue weighted by atomic mass is 9.98. The van der Waals surface area contributed by atoms with Crippen LogP contribution in [-0.4, -0.2) is 114 Å². The van der Waals surface area contributed by atoms with Gasteiger partial charge in [0.25, 0.3) is 0 Å². The van der Waals surface area contributed by atoms with Crippen molar-refractivity contribution in [2.45, 2.75) is 133 Å². The zero-order valence-electron chi connectivity index (χ0n) is 23.8. The SMILES string of the molecule is CO[C@@H]1[C@H]2OC(C)O[C@H]2O[C@H](CO[C@@H]2O[C@H](CO[Si](C)(C)C(C)(C)C)[C@@H]3OC(C)(C)O[C@@H]3[C@H]2O)[C@H]1OC. The van der Waals surface area contributed by atoms with E-state index in [1.807, 2.05) is 20.8 Å². The monoisotopic (exact) mass is 550 g/mol. The van der Waals surface area contributed by atoms with E-state index >= 15 is 0 Å². The number of hydrogen-bond acceptors (Lipinski definition) is 11. The summed E-state index contributed by atoms with van der Waals surface area (Å²) in [5.41, 5.74) is 0. The Balaban J connectivity index is 1.46. The quantitative estimate of drug-likeness (QED) is 0.449. The lowest BCUT2D eigenvalue weighted by Crippen LogP contribution is -2.61. The summed E-state index contributed by atoms with van der Waals surface area (Å²) in [6.07, 6.45) is -6.54. The van der Waals surface area contributed by atoms with E-state index in [-0.39, 0.29) is 11.6 Å². The molecule has 216 valence electrons. The predicted molar refractivity (Wildman–Crippen MR) is 133 cm³/mol. The van der Waals surface area contributed by atoms with Crippen molar-refractivity contribution < 1.29 is 52.2 Å². The Labute approximate surface area is 221 Å². The van der Waals surface area contributed by atoms with E-state index in [2.05, 4.69) is 33.9 Å². The Kier molecular flexibility index (Phi) is 8.83. The van der Waals surface area contributed by atoms with Crippen LogP contribution in [0.5, 0.6) is 0 Å². The first-order valence-corrected chi connectivity index (χ1v) is 16.0. The van der Waals surface area contributed by atoms with Gasteiger partial charge in [-0.05, 0) is 38.9 Å². The van der Waals surface area contributed by atoms with Gasteiger partial charge in [-0.15, -0.1) is 0 Å². The van der Waals surface area contributed by atoms with Crippen molar-refractivity contribution in [1.29, 1.82) is 0 Å². The molecule has 0 bridgehead atoms. The minimum atomic E-state index is -2.05. The first kappa shape index (κ1) is 29.8. The summed E-state index contributed by atoms with van der Waals surface area (Å²) in [6, 6.07) is 0. The molecule has 0 saturated carbocycles. The van der Waals surface area contributed by atoms with Gasteiger partial charge in [0.15, 0.2) is 33.0 Å². The lowest BCUT2D eigenvalue weighted by molar-refractivity contribution is -0.308. The van der Waals surface area contributed by atoms with Crippen LogP contribution in [0.4, 0.5) is 0 Å². The standard InChI is InChI=1S/C25H46O11Si/c1-13-31-21-20(28-8)17(27-7)14(34-23(21)32-13)11-29-22-16(26)19-18(35-25(5,6)36-19)15(33-22)12-30-37(9,10)24(2,3)4/h13-23,26H,11-12H2,1-10H3/t13?,14-,15-,16-,17-,18+,19-,20+,21-,22-,23+/m1/s1. The van der Waals surface area contributed by atoms with Crippen molar-refractivity contribution in [3.63, 3.8) is 0 Å². The topological polar surface area (TPSA) is 113 Å². The zero-order chi connectivity index (χ0) is 27.3. The maximum atomic E-state index is 11.2. The van der Waals surface area contributed by atoms with Gasteiger partial charge in [-0.2, -0.15) is 0 Å². The summed E-state index contributed by atoms with van der Waals surface area (Å²) in [5, 5.41) is 11.2. The predicted octanol–water partition coefficient (Wildman–Crippen LogP) is 2.15. The van der Waals surface area contributed by atoms with E-state index in [9.17, 15) is 5.11 Å². The van der Waals surface area contributed by atoms with Gasteiger partial charge < -0.3 is 52.2 Å². The van der Waals surface area contributed by atoms with Crippen molar-refractivity contribution >= 4 is 8.32 Å². The molecule has 4 heterocycles. The number of fused-ring (bicyclic) bond motifs is 2. The molecule has 11 atom stereocenters. The molecule has 0 aromatic heterocycles. The normalized spacial score (nSPS) is 44.0. The van der Waals surface area contributed by atoms with Gasteiger partial charge in [0.05, 0.1) is 13.2 Å². The Morgan fingerprint density at radius 3 is 2.11 bits per heavy atom. The van der Waals surface area contributed by atoms with E-state index in [1.54, 1.807) is 14.2 Å². The van der Waals surface area contributed by atoms with Gasteiger partial charge >= 0.3 is 0 Å². The number of aliphatic hydroxyl groups is 1. The molecule has 1 N–H and O–H groups in total. The van der Waals surface area contributed by atoms with Gasteiger partial charge in [0.2, 0.25) is 0 Å². The summed E-state index contributed by atoms with van der Waals surface area (Å²) in [6.45, 7) is 16.8. The number of hydrogen-bond donors (Lipinski definition) is 1. The van der Waals surface area contributed by atoms with E-state index in [1.165, 1.54) is 0 Å². The molecule has 4 rings (SSSR count). The molecule has 4 aliphatic rings. The maximum Gasteiger partial charge on any atom is 0.192 e. The third kappa shape index (κ3) is 6.10. The molecule has 1 unspecified atom stereocenters. The highest BCUT2D eigenvalue weighted by Gasteiger charge is 2.57. The molecule has 0 aliphatic carbocycles. The fourth-order valence-corrected chi connectivity index (χ4v) is 6.10. The molecule has 0 radical (unpaired) electrons. The van der Waals surface area contributed by atoms with E-state index in [4.69, 9.17) is 47.1 Å². The van der Waals surface area contributed by atoms with Crippen molar-refractivity contribution in [2.24, 2.45) is 0 Å². The second-order valence-electron chi connectivity index (χ2n) is 12.3. The molecule has 0 amide bonds. The molecule has 12 heteroatoms. The second-order valence-corrected chi connectivity index (χ2v) is 17.1. The third-order valence-electron chi connectivity index (χ3n) is 8.10. The average Bonchev–Trinajstić information content (AvgIpc) is 3.33. The first-order chi connectivity index (χ1) is 17.2. The van der Waals surface area contributed by atoms with Crippen molar-refractivity contribution in [2.75, 3.05) is 27.4 Å². The van der Waals surface area contributed by atoms with Crippen LogP contribution in [0.15, 0.2) is 0 Å². The van der Waals surface area contributed by atoms with Crippen molar-refractivity contribution in [3.05, 3.63) is 0 Å². The molecule has 0 aromatic rings. The molecule has 4 aliphatic heterocycles. The second kappa shape index (κ2) is 11.0. The molecule has 37 heavy (non-hydrogen) atoms. The molecule has 0 spiro atoms. The summed E-state index contributed by atoms with van der Waals surface area (Å²) < 4.78 is 60.2. The fourth-order valence-electron chi connectivity index (χ4n) is 5.08. The lowest BCUT2D eigenvalue weighted by Gasteiger charge is -2.44. The number of methoxy groups -OCH3 is 2. The van der Waals surface area contributed by atoms with E-state index < -0.39 is 81.8 Å².